The fraction of sp³-hybridized carbons (Fsp3) is 0.286. The third kappa shape index (κ3) is 5.46. The Bertz CT molecular complexity index is 1160. The molecule has 0 N–H and O–H groups in total. The van der Waals surface area contributed by atoms with E-state index in [1.165, 1.54) is 11.6 Å². The van der Waals surface area contributed by atoms with E-state index in [2.05, 4.69) is 52.0 Å². The minimum absolute atomic E-state index is 0.130. The van der Waals surface area contributed by atoms with Gasteiger partial charge in [0.15, 0.2) is 0 Å². The highest BCUT2D eigenvalue weighted by Crippen LogP contribution is 2.35. The van der Waals surface area contributed by atoms with Crippen molar-refractivity contribution in [2.24, 2.45) is 5.92 Å². The molecule has 1 atom stereocenters. The zero-order valence-corrected chi connectivity index (χ0v) is 19.3. The fourth-order valence-corrected chi connectivity index (χ4v) is 4.11. The van der Waals surface area contributed by atoms with E-state index in [1.54, 1.807) is 24.3 Å². The van der Waals surface area contributed by atoms with Gasteiger partial charge in [-0.3, -0.25) is 0 Å². The molecule has 0 saturated heterocycles. The smallest absolute Gasteiger partial charge is 0.343 e. The Morgan fingerprint density at radius 1 is 1.00 bits per heavy atom. The lowest BCUT2D eigenvalue weighted by Crippen LogP contribution is -2.23. The summed E-state index contributed by atoms with van der Waals surface area (Å²) in [4.78, 5) is 12.4. The maximum Gasteiger partial charge on any atom is 0.343 e. The number of esters is 1. The van der Waals surface area contributed by atoms with Crippen molar-refractivity contribution in [2.45, 2.75) is 46.0 Å². The molecule has 33 heavy (non-hydrogen) atoms. The first kappa shape index (κ1) is 24.1. The molecule has 0 radical (unpaired) electrons. The number of rotatable bonds is 7. The predicted octanol–water partition coefficient (Wildman–Crippen LogP) is 7.44. The van der Waals surface area contributed by atoms with E-state index in [0.29, 0.717) is 5.92 Å². The third-order valence-electron chi connectivity index (χ3n) is 6.01. The van der Waals surface area contributed by atoms with Gasteiger partial charge in [-0.15, -0.1) is 0 Å². The Kier molecular flexibility index (Phi) is 7.28. The summed E-state index contributed by atoms with van der Waals surface area (Å²) in [5.74, 6) is -2.58. The van der Waals surface area contributed by atoms with Crippen molar-refractivity contribution < 1.29 is 18.3 Å². The quantitative estimate of drug-likeness (QED) is 0.279. The lowest BCUT2D eigenvalue weighted by Gasteiger charge is -2.31. The van der Waals surface area contributed by atoms with E-state index in [4.69, 9.17) is 10.00 Å². The molecule has 3 aromatic carbocycles. The van der Waals surface area contributed by atoms with Crippen LogP contribution in [0.3, 0.4) is 0 Å². The van der Waals surface area contributed by atoms with E-state index in [0.717, 1.165) is 36.1 Å². The van der Waals surface area contributed by atoms with Crippen molar-refractivity contribution >= 4 is 5.97 Å². The number of nitriles is 1. The van der Waals surface area contributed by atoms with E-state index in [1.807, 2.05) is 0 Å². The van der Waals surface area contributed by atoms with Crippen molar-refractivity contribution in [3.8, 4) is 22.9 Å². The number of ether oxygens (including phenoxy) is 1. The average Bonchev–Trinajstić information content (AvgIpc) is 2.78. The molecule has 0 saturated carbocycles. The molecule has 3 rings (SSSR count). The highest BCUT2D eigenvalue weighted by Gasteiger charge is 2.25. The van der Waals surface area contributed by atoms with Gasteiger partial charge in [-0.2, -0.15) is 5.26 Å². The molecular formula is C28H27F2NO2. The van der Waals surface area contributed by atoms with Crippen LogP contribution in [0.1, 0.15) is 62.0 Å². The van der Waals surface area contributed by atoms with Gasteiger partial charge in [-0.1, -0.05) is 64.1 Å². The van der Waals surface area contributed by atoms with Crippen LogP contribution in [-0.2, 0) is 5.41 Å². The van der Waals surface area contributed by atoms with Gasteiger partial charge in [0.1, 0.15) is 29.0 Å². The van der Waals surface area contributed by atoms with Crippen LogP contribution in [0.5, 0.6) is 5.75 Å². The van der Waals surface area contributed by atoms with Crippen molar-refractivity contribution in [3.63, 3.8) is 0 Å². The van der Waals surface area contributed by atoms with Crippen LogP contribution in [-0.4, -0.2) is 5.97 Å². The Labute approximate surface area is 193 Å². The van der Waals surface area contributed by atoms with Gasteiger partial charge in [0.2, 0.25) is 0 Å². The Balaban J connectivity index is 1.75. The minimum atomic E-state index is -1.08. The largest absolute Gasteiger partial charge is 0.423 e. The van der Waals surface area contributed by atoms with Gasteiger partial charge in [0, 0.05) is 12.1 Å². The summed E-state index contributed by atoms with van der Waals surface area (Å²) in [5, 5.41) is 8.73. The molecular weight excluding hydrogens is 420 g/mol. The standard InChI is InChI=1S/C28H27F2NO2/c1-5-28(4,16-18(2)3)22-12-10-20(11-13-22)19-6-8-21(9-7-19)27(32)33-23-14-25(29)24(17-31)26(30)15-23/h6-15,18H,5,16H2,1-4H3. The SMILES string of the molecule is CCC(C)(CC(C)C)c1ccc(-c2ccc(C(=O)Oc3cc(F)c(C#N)c(F)c3)cc2)cc1. The Morgan fingerprint density at radius 2 is 1.52 bits per heavy atom. The van der Waals surface area contributed by atoms with Gasteiger partial charge in [-0.25, -0.2) is 13.6 Å². The van der Waals surface area contributed by atoms with Gasteiger partial charge in [0.05, 0.1) is 5.56 Å². The second-order valence-corrected chi connectivity index (χ2v) is 8.93. The maximum absolute atomic E-state index is 13.7. The number of halogens is 2. The summed E-state index contributed by atoms with van der Waals surface area (Å²) >= 11 is 0. The number of nitrogens with zero attached hydrogens (tertiary/aromatic N) is 1. The number of carbonyl (C=O) groups is 1. The molecule has 1 unspecified atom stereocenters. The molecule has 0 bridgehead atoms. The zero-order valence-electron chi connectivity index (χ0n) is 19.3. The second kappa shape index (κ2) is 9.95. The van der Waals surface area contributed by atoms with Gasteiger partial charge in [-0.05, 0) is 53.0 Å². The van der Waals surface area contributed by atoms with E-state index < -0.39 is 23.2 Å². The molecule has 0 aromatic heterocycles. The topological polar surface area (TPSA) is 50.1 Å². The van der Waals surface area contributed by atoms with Crippen molar-refractivity contribution in [1.82, 2.24) is 0 Å². The van der Waals surface area contributed by atoms with Crippen LogP contribution in [0.15, 0.2) is 60.7 Å². The number of benzene rings is 3. The van der Waals surface area contributed by atoms with Crippen molar-refractivity contribution in [1.29, 1.82) is 5.26 Å². The van der Waals surface area contributed by atoms with E-state index in [9.17, 15) is 13.6 Å². The molecule has 0 aliphatic heterocycles. The molecule has 0 spiro atoms. The lowest BCUT2D eigenvalue weighted by molar-refractivity contribution is 0.0734. The van der Waals surface area contributed by atoms with Crippen molar-refractivity contribution in [2.75, 3.05) is 0 Å². The van der Waals surface area contributed by atoms with E-state index in [-0.39, 0.29) is 16.7 Å². The molecule has 3 aromatic rings. The van der Waals surface area contributed by atoms with Gasteiger partial charge >= 0.3 is 5.97 Å². The highest BCUT2D eigenvalue weighted by molar-refractivity contribution is 5.91. The zero-order chi connectivity index (χ0) is 24.2. The van der Waals surface area contributed by atoms with Crippen LogP contribution < -0.4 is 4.74 Å². The summed E-state index contributed by atoms with van der Waals surface area (Å²) in [5.41, 5.74) is 2.94. The van der Waals surface area contributed by atoms with Crippen LogP contribution in [0.4, 0.5) is 8.78 Å². The third-order valence-corrected chi connectivity index (χ3v) is 6.01. The molecule has 0 heterocycles. The van der Waals surface area contributed by atoms with Gasteiger partial charge < -0.3 is 4.74 Å². The van der Waals surface area contributed by atoms with Gasteiger partial charge in [0.25, 0.3) is 0 Å². The van der Waals surface area contributed by atoms with Crippen LogP contribution in [0, 0.1) is 28.9 Å². The Morgan fingerprint density at radius 3 is 1.97 bits per heavy atom. The molecule has 0 fully saturated rings. The number of hydrogen-bond acceptors (Lipinski definition) is 3. The summed E-state index contributed by atoms with van der Waals surface area (Å²) < 4.78 is 32.6. The monoisotopic (exact) mass is 447 g/mol. The fourth-order valence-electron chi connectivity index (χ4n) is 4.11. The summed E-state index contributed by atoms with van der Waals surface area (Å²) in [6, 6.07) is 18.4. The first-order valence-corrected chi connectivity index (χ1v) is 11.0. The number of hydrogen-bond donors (Lipinski definition) is 0. The molecule has 170 valence electrons. The van der Waals surface area contributed by atoms with Crippen molar-refractivity contribution in [3.05, 3.63) is 89.0 Å². The van der Waals surface area contributed by atoms with Crippen LogP contribution >= 0.6 is 0 Å². The second-order valence-electron chi connectivity index (χ2n) is 8.93. The predicted molar refractivity (Wildman–Crippen MR) is 125 cm³/mol. The normalized spacial score (nSPS) is 12.8. The van der Waals surface area contributed by atoms with Crippen LogP contribution in [0.25, 0.3) is 11.1 Å². The molecule has 3 nitrogen and oxygen atoms in total. The molecule has 0 amide bonds. The molecule has 0 aliphatic rings. The van der Waals surface area contributed by atoms with E-state index >= 15 is 0 Å². The first-order chi connectivity index (χ1) is 15.7. The maximum atomic E-state index is 13.7. The highest BCUT2D eigenvalue weighted by atomic mass is 19.1. The van der Waals surface area contributed by atoms with Crippen LogP contribution in [0.2, 0.25) is 0 Å². The number of carbonyl (C=O) groups excluding carboxylic acids is 1. The Hall–Kier alpha value is -3.52. The average molecular weight is 448 g/mol. The lowest BCUT2D eigenvalue weighted by atomic mass is 9.74. The summed E-state index contributed by atoms with van der Waals surface area (Å²) in [7, 11) is 0. The first-order valence-electron chi connectivity index (χ1n) is 11.0. The molecule has 5 heteroatoms. The summed E-state index contributed by atoms with van der Waals surface area (Å²) in [6.45, 7) is 9.00. The minimum Gasteiger partial charge on any atom is -0.423 e. The molecule has 0 aliphatic carbocycles. The summed E-state index contributed by atoms with van der Waals surface area (Å²) in [6.07, 6.45) is 2.18.